The molecule has 0 aromatic rings. The van der Waals surface area contributed by atoms with Crippen LogP contribution in [0.4, 0.5) is 0 Å². The Labute approximate surface area is 82.3 Å². The predicted octanol–water partition coefficient (Wildman–Crippen LogP) is 2.81. The molecule has 0 aromatic heterocycles. The molecule has 2 rings (SSSR count). The lowest BCUT2D eigenvalue weighted by atomic mass is 10.1. The third-order valence-corrected chi connectivity index (χ3v) is 4.07. The maximum absolute atomic E-state index is 3.73. The van der Waals surface area contributed by atoms with Crippen molar-refractivity contribution in [2.75, 3.05) is 6.54 Å². The lowest BCUT2D eigenvalue weighted by Gasteiger charge is -2.12. The average molecular weight is 181 g/mol. The van der Waals surface area contributed by atoms with E-state index in [0.29, 0.717) is 5.41 Å². The summed E-state index contributed by atoms with van der Waals surface area (Å²) in [7, 11) is 0. The van der Waals surface area contributed by atoms with Crippen LogP contribution in [0.15, 0.2) is 0 Å². The second-order valence-corrected chi connectivity index (χ2v) is 5.91. The van der Waals surface area contributed by atoms with Gasteiger partial charge >= 0.3 is 0 Å². The molecular weight excluding hydrogens is 158 g/mol. The minimum Gasteiger partial charge on any atom is -0.314 e. The highest BCUT2D eigenvalue weighted by Gasteiger charge is 2.45. The van der Waals surface area contributed by atoms with E-state index >= 15 is 0 Å². The van der Waals surface area contributed by atoms with Crippen molar-refractivity contribution in [3.8, 4) is 0 Å². The Morgan fingerprint density at radius 2 is 2.00 bits per heavy atom. The predicted molar refractivity (Wildman–Crippen MR) is 56.7 cm³/mol. The number of nitrogens with one attached hydrogen (secondary N) is 1. The van der Waals surface area contributed by atoms with Gasteiger partial charge in [0.2, 0.25) is 0 Å². The maximum Gasteiger partial charge on any atom is 0.00698 e. The molecule has 0 bridgehead atoms. The fourth-order valence-corrected chi connectivity index (χ4v) is 2.63. The molecule has 3 atom stereocenters. The van der Waals surface area contributed by atoms with E-state index in [-0.39, 0.29) is 0 Å². The molecule has 0 aliphatic heterocycles. The molecule has 2 aliphatic rings. The summed E-state index contributed by atoms with van der Waals surface area (Å²) in [5.74, 6) is 1.92. The van der Waals surface area contributed by atoms with Gasteiger partial charge in [-0.2, -0.15) is 0 Å². The molecule has 0 amide bonds. The van der Waals surface area contributed by atoms with E-state index in [0.717, 1.165) is 17.9 Å². The number of hydrogen-bond acceptors (Lipinski definition) is 1. The third kappa shape index (κ3) is 2.25. The van der Waals surface area contributed by atoms with Crippen molar-refractivity contribution in [3.63, 3.8) is 0 Å². The number of rotatable bonds is 3. The van der Waals surface area contributed by atoms with Crippen LogP contribution in [0.2, 0.25) is 0 Å². The normalized spacial score (nSPS) is 42.2. The Morgan fingerprint density at radius 1 is 1.31 bits per heavy atom. The van der Waals surface area contributed by atoms with Gasteiger partial charge in [0.15, 0.2) is 0 Å². The Bertz CT molecular complexity index is 186. The monoisotopic (exact) mass is 181 g/mol. The third-order valence-electron chi connectivity index (χ3n) is 4.07. The summed E-state index contributed by atoms with van der Waals surface area (Å²) < 4.78 is 0. The largest absolute Gasteiger partial charge is 0.314 e. The summed E-state index contributed by atoms with van der Waals surface area (Å²) in [5.41, 5.74) is 0.650. The van der Waals surface area contributed by atoms with Gasteiger partial charge < -0.3 is 5.32 Å². The molecule has 2 fully saturated rings. The molecule has 1 N–H and O–H groups in total. The second kappa shape index (κ2) is 3.27. The van der Waals surface area contributed by atoms with Gasteiger partial charge in [-0.15, -0.1) is 0 Å². The Morgan fingerprint density at radius 3 is 2.46 bits per heavy atom. The van der Waals surface area contributed by atoms with Gasteiger partial charge in [0.05, 0.1) is 0 Å². The molecule has 3 unspecified atom stereocenters. The van der Waals surface area contributed by atoms with Gasteiger partial charge in [-0.25, -0.2) is 0 Å². The van der Waals surface area contributed by atoms with Crippen LogP contribution in [0.3, 0.4) is 0 Å². The molecule has 2 aliphatic carbocycles. The van der Waals surface area contributed by atoms with E-state index in [9.17, 15) is 0 Å². The van der Waals surface area contributed by atoms with Crippen molar-refractivity contribution in [1.29, 1.82) is 0 Å². The van der Waals surface area contributed by atoms with Gasteiger partial charge in [0, 0.05) is 6.04 Å². The van der Waals surface area contributed by atoms with Gasteiger partial charge in [-0.05, 0) is 49.5 Å². The minimum absolute atomic E-state index is 0.650. The Hall–Kier alpha value is -0.0400. The first-order valence-electron chi connectivity index (χ1n) is 5.81. The van der Waals surface area contributed by atoms with Gasteiger partial charge in [0.1, 0.15) is 0 Å². The van der Waals surface area contributed by atoms with Crippen molar-refractivity contribution >= 4 is 0 Å². The van der Waals surface area contributed by atoms with Crippen molar-refractivity contribution in [2.24, 2.45) is 17.3 Å². The van der Waals surface area contributed by atoms with Crippen LogP contribution in [0.25, 0.3) is 0 Å². The highest BCUT2D eigenvalue weighted by Crippen LogP contribution is 2.51. The highest BCUT2D eigenvalue weighted by atomic mass is 14.9. The molecule has 2 saturated carbocycles. The molecule has 0 heterocycles. The van der Waals surface area contributed by atoms with Gasteiger partial charge in [-0.1, -0.05) is 20.8 Å². The fourth-order valence-electron chi connectivity index (χ4n) is 2.63. The highest BCUT2D eigenvalue weighted by molar-refractivity contribution is 4.96. The van der Waals surface area contributed by atoms with Crippen molar-refractivity contribution < 1.29 is 0 Å². The van der Waals surface area contributed by atoms with Crippen molar-refractivity contribution in [2.45, 2.75) is 52.5 Å². The van der Waals surface area contributed by atoms with Crippen LogP contribution in [0, 0.1) is 17.3 Å². The quantitative estimate of drug-likeness (QED) is 0.706. The number of hydrogen-bond donors (Lipinski definition) is 1. The molecule has 0 aromatic carbocycles. The summed E-state index contributed by atoms with van der Waals surface area (Å²) in [4.78, 5) is 0. The van der Waals surface area contributed by atoms with Crippen molar-refractivity contribution in [1.82, 2.24) is 5.32 Å². The summed E-state index contributed by atoms with van der Waals surface area (Å²) in [6, 6.07) is 0.839. The minimum atomic E-state index is 0.650. The summed E-state index contributed by atoms with van der Waals surface area (Å²) in [5, 5.41) is 3.73. The molecule has 76 valence electrons. The van der Waals surface area contributed by atoms with Crippen LogP contribution < -0.4 is 5.32 Å². The molecular formula is C12H23N. The lowest BCUT2D eigenvalue weighted by molar-refractivity contribution is 0.455. The molecule has 13 heavy (non-hydrogen) atoms. The zero-order chi connectivity index (χ0) is 9.47. The average Bonchev–Trinajstić information content (AvgIpc) is 2.45. The van der Waals surface area contributed by atoms with E-state index in [2.05, 4.69) is 26.1 Å². The van der Waals surface area contributed by atoms with Crippen molar-refractivity contribution in [3.05, 3.63) is 0 Å². The van der Waals surface area contributed by atoms with E-state index in [1.54, 1.807) is 0 Å². The zero-order valence-corrected chi connectivity index (χ0v) is 9.27. The summed E-state index contributed by atoms with van der Waals surface area (Å²) >= 11 is 0. The van der Waals surface area contributed by atoms with E-state index in [4.69, 9.17) is 0 Å². The van der Waals surface area contributed by atoms with Gasteiger partial charge in [0.25, 0.3) is 0 Å². The Balaban J connectivity index is 1.64. The molecule has 1 heteroatoms. The zero-order valence-electron chi connectivity index (χ0n) is 9.27. The first-order valence-corrected chi connectivity index (χ1v) is 5.81. The molecule has 0 spiro atoms. The van der Waals surface area contributed by atoms with Crippen LogP contribution in [0.1, 0.15) is 46.5 Å². The molecule has 1 nitrogen and oxygen atoms in total. The standard InChI is InChI=1S/C12H23N/c1-9-4-5-11(6-9)13-8-10-7-12(10,2)3/h9-11,13H,4-8H2,1-3H3. The summed E-state index contributed by atoms with van der Waals surface area (Å²) in [6.45, 7) is 8.42. The van der Waals surface area contributed by atoms with E-state index in [1.807, 2.05) is 0 Å². The topological polar surface area (TPSA) is 12.0 Å². The van der Waals surface area contributed by atoms with Crippen LogP contribution in [0.5, 0.6) is 0 Å². The Kier molecular flexibility index (Phi) is 2.39. The van der Waals surface area contributed by atoms with Crippen LogP contribution >= 0.6 is 0 Å². The van der Waals surface area contributed by atoms with Crippen LogP contribution in [-0.2, 0) is 0 Å². The first-order chi connectivity index (χ1) is 6.08. The van der Waals surface area contributed by atoms with E-state index in [1.165, 1.54) is 32.2 Å². The second-order valence-electron chi connectivity index (χ2n) is 5.91. The fraction of sp³-hybridized carbons (Fsp3) is 1.00. The van der Waals surface area contributed by atoms with Gasteiger partial charge in [-0.3, -0.25) is 0 Å². The SMILES string of the molecule is CC1CCC(NCC2CC2(C)C)C1. The lowest BCUT2D eigenvalue weighted by Crippen LogP contribution is -2.29. The molecule has 0 saturated heterocycles. The van der Waals surface area contributed by atoms with E-state index < -0.39 is 0 Å². The van der Waals surface area contributed by atoms with Crippen LogP contribution in [-0.4, -0.2) is 12.6 Å². The maximum atomic E-state index is 3.73. The smallest absolute Gasteiger partial charge is 0.00698 e. The first kappa shape index (κ1) is 9.51. The summed E-state index contributed by atoms with van der Waals surface area (Å²) in [6.07, 6.45) is 5.69. The molecule has 0 radical (unpaired) electrons.